The Bertz CT molecular complexity index is 379. The molecule has 17 heavy (non-hydrogen) atoms. The van der Waals surface area contributed by atoms with Crippen LogP contribution in [0.5, 0.6) is 0 Å². The smallest absolute Gasteiger partial charge is 0.319 e. The summed E-state index contributed by atoms with van der Waals surface area (Å²) in [6.07, 6.45) is 0. The molecule has 0 fully saturated rings. The molecule has 0 bridgehead atoms. The Kier molecular flexibility index (Phi) is 5.10. The highest BCUT2D eigenvalue weighted by atomic mass is 19.1. The molecule has 1 rings (SSSR count). The first-order valence-electron chi connectivity index (χ1n) is 5.59. The molecule has 0 amide bonds. The van der Waals surface area contributed by atoms with Crippen molar-refractivity contribution in [1.29, 1.82) is 0 Å². The zero-order valence-corrected chi connectivity index (χ0v) is 10.4. The van der Waals surface area contributed by atoms with E-state index in [0.717, 1.165) is 0 Å². The van der Waals surface area contributed by atoms with Gasteiger partial charge in [-0.2, -0.15) is 0 Å². The third-order valence-corrected chi connectivity index (χ3v) is 2.62. The number of methoxy groups -OCH3 is 1. The highest BCUT2D eigenvalue weighted by Gasteiger charge is 2.16. The molecule has 0 atom stereocenters. The predicted octanol–water partition coefficient (Wildman–Crippen LogP) is 2.21. The number of carbonyl (C=O) groups excluding carboxylic acids is 1. The summed E-state index contributed by atoms with van der Waals surface area (Å²) in [6, 6.07) is 6.73. The van der Waals surface area contributed by atoms with Crippen molar-refractivity contribution in [3.8, 4) is 0 Å². The molecule has 0 saturated heterocycles. The number of carbonyl (C=O) groups is 1. The average Bonchev–Trinajstić information content (AvgIpc) is 2.30. The standard InChI is InChI=1S/C13H18FNO2/c1-10(2)15(9-13(16)17-3)8-11-6-4-5-7-12(11)14/h4-7,10H,8-9H2,1-3H3. The highest BCUT2D eigenvalue weighted by molar-refractivity contribution is 5.71. The monoisotopic (exact) mass is 239 g/mol. The lowest BCUT2D eigenvalue weighted by molar-refractivity contribution is -0.142. The third-order valence-electron chi connectivity index (χ3n) is 2.62. The van der Waals surface area contributed by atoms with Crippen LogP contribution in [0, 0.1) is 5.82 Å². The van der Waals surface area contributed by atoms with Gasteiger partial charge in [-0.25, -0.2) is 4.39 Å². The number of ether oxygens (including phenoxy) is 1. The Morgan fingerprint density at radius 1 is 1.41 bits per heavy atom. The number of hydrogen-bond acceptors (Lipinski definition) is 3. The first-order chi connectivity index (χ1) is 8.04. The maximum atomic E-state index is 13.5. The van der Waals surface area contributed by atoms with Crippen molar-refractivity contribution in [2.75, 3.05) is 13.7 Å². The molecule has 94 valence electrons. The Morgan fingerprint density at radius 2 is 2.06 bits per heavy atom. The summed E-state index contributed by atoms with van der Waals surface area (Å²) in [5.41, 5.74) is 0.588. The van der Waals surface area contributed by atoms with Crippen molar-refractivity contribution in [2.24, 2.45) is 0 Å². The van der Waals surface area contributed by atoms with Gasteiger partial charge in [0.2, 0.25) is 0 Å². The Morgan fingerprint density at radius 3 is 2.59 bits per heavy atom. The summed E-state index contributed by atoms with van der Waals surface area (Å²) >= 11 is 0. The summed E-state index contributed by atoms with van der Waals surface area (Å²) < 4.78 is 18.1. The average molecular weight is 239 g/mol. The summed E-state index contributed by atoms with van der Waals surface area (Å²) in [7, 11) is 1.35. The van der Waals surface area contributed by atoms with Crippen LogP contribution in [0.2, 0.25) is 0 Å². The zero-order valence-electron chi connectivity index (χ0n) is 10.4. The Hall–Kier alpha value is -1.42. The van der Waals surface area contributed by atoms with Gasteiger partial charge in [-0.3, -0.25) is 9.69 Å². The molecule has 0 unspecified atom stereocenters. The normalized spacial score (nSPS) is 10.9. The number of rotatable bonds is 5. The largest absolute Gasteiger partial charge is 0.468 e. The topological polar surface area (TPSA) is 29.5 Å². The first-order valence-corrected chi connectivity index (χ1v) is 5.59. The molecular formula is C13H18FNO2. The molecular weight excluding hydrogens is 221 g/mol. The van der Waals surface area contributed by atoms with Gasteiger partial charge in [-0.05, 0) is 19.9 Å². The van der Waals surface area contributed by atoms with Crippen LogP contribution in [0.4, 0.5) is 4.39 Å². The van der Waals surface area contributed by atoms with Crippen LogP contribution in [0.15, 0.2) is 24.3 Å². The molecule has 1 aromatic carbocycles. The van der Waals surface area contributed by atoms with Gasteiger partial charge in [-0.1, -0.05) is 18.2 Å². The molecule has 1 aromatic rings. The molecule has 0 heterocycles. The molecule has 0 aliphatic rings. The summed E-state index contributed by atoms with van der Waals surface area (Å²) in [4.78, 5) is 13.1. The predicted molar refractivity (Wildman–Crippen MR) is 64.0 cm³/mol. The minimum Gasteiger partial charge on any atom is -0.468 e. The Labute approximate surface area is 101 Å². The lowest BCUT2D eigenvalue weighted by Gasteiger charge is -2.25. The minimum atomic E-state index is -0.310. The van der Waals surface area contributed by atoms with E-state index in [2.05, 4.69) is 4.74 Å². The number of benzene rings is 1. The number of esters is 1. The van der Waals surface area contributed by atoms with Gasteiger partial charge in [0, 0.05) is 18.2 Å². The van der Waals surface area contributed by atoms with Crippen LogP contribution in [0.3, 0.4) is 0 Å². The molecule has 0 radical (unpaired) electrons. The van der Waals surface area contributed by atoms with E-state index in [0.29, 0.717) is 12.1 Å². The third kappa shape index (κ3) is 4.15. The molecule has 0 aromatic heterocycles. The van der Waals surface area contributed by atoms with E-state index in [9.17, 15) is 9.18 Å². The molecule has 4 heteroatoms. The zero-order chi connectivity index (χ0) is 12.8. The van der Waals surface area contributed by atoms with E-state index in [1.165, 1.54) is 13.2 Å². The number of hydrogen-bond donors (Lipinski definition) is 0. The van der Waals surface area contributed by atoms with Crippen molar-refractivity contribution < 1.29 is 13.9 Å². The van der Waals surface area contributed by atoms with Crippen LogP contribution >= 0.6 is 0 Å². The maximum absolute atomic E-state index is 13.5. The van der Waals surface area contributed by atoms with E-state index in [-0.39, 0.29) is 24.4 Å². The van der Waals surface area contributed by atoms with Crippen molar-refractivity contribution in [3.05, 3.63) is 35.6 Å². The summed E-state index contributed by atoms with van der Waals surface area (Å²) in [5, 5.41) is 0. The van der Waals surface area contributed by atoms with E-state index >= 15 is 0 Å². The maximum Gasteiger partial charge on any atom is 0.319 e. The molecule has 3 nitrogen and oxygen atoms in total. The van der Waals surface area contributed by atoms with Crippen molar-refractivity contribution >= 4 is 5.97 Å². The van der Waals surface area contributed by atoms with E-state index in [4.69, 9.17) is 0 Å². The van der Waals surface area contributed by atoms with Crippen molar-refractivity contribution in [1.82, 2.24) is 4.90 Å². The lowest BCUT2D eigenvalue weighted by Crippen LogP contribution is -2.35. The van der Waals surface area contributed by atoms with E-state index in [1.807, 2.05) is 18.7 Å². The van der Waals surface area contributed by atoms with Gasteiger partial charge in [0.25, 0.3) is 0 Å². The minimum absolute atomic E-state index is 0.147. The second-order valence-electron chi connectivity index (χ2n) is 4.17. The molecule has 0 saturated carbocycles. The summed E-state index contributed by atoms with van der Waals surface area (Å²) in [6.45, 7) is 4.50. The first kappa shape index (κ1) is 13.6. The summed E-state index contributed by atoms with van der Waals surface area (Å²) in [5.74, 6) is -0.557. The van der Waals surface area contributed by atoms with Gasteiger partial charge in [0.1, 0.15) is 5.82 Å². The van der Waals surface area contributed by atoms with Crippen molar-refractivity contribution in [2.45, 2.75) is 26.4 Å². The van der Waals surface area contributed by atoms with Gasteiger partial charge in [0.05, 0.1) is 13.7 Å². The van der Waals surface area contributed by atoms with Gasteiger partial charge < -0.3 is 4.74 Å². The SMILES string of the molecule is COC(=O)CN(Cc1ccccc1F)C(C)C. The van der Waals surface area contributed by atoms with Crippen LogP contribution < -0.4 is 0 Å². The number of nitrogens with zero attached hydrogens (tertiary/aromatic N) is 1. The lowest BCUT2D eigenvalue weighted by atomic mass is 10.2. The van der Waals surface area contributed by atoms with Crippen LogP contribution in [0.25, 0.3) is 0 Å². The van der Waals surface area contributed by atoms with Gasteiger partial charge in [-0.15, -0.1) is 0 Å². The molecule has 0 N–H and O–H groups in total. The molecule has 0 aliphatic carbocycles. The van der Waals surface area contributed by atoms with Crippen LogP contribution in [-0.4, -0.2) is 30.6 Å². The molecule has 0 spiro atoms. The van der Waals surface area contributed by atoms with Crippen LogP contribution in [-0.2, 0) is 16.1 Å². The molecule has 0 aliphatic heterocycles. The fourth-order valence-electron chi connectivity index (χ4n) is 1.50. The van der Waals surface area contributed by atoms with Crippen LogP contribution in [0.1, 0.15) is 19.4 Å². The van der Waals surface area contributed by atoms with E-state index in [1.54, 1.807) is 18.2 Å². The highest BCUT2D eigenvalue weighted by Crippen LogP contribution is 2.12. The quantitative estimate of drug-likeness (QED) is 0.738. The Balaban J connectivity index is 2.74. The van der Waals surface area contributed by atoms with E-state index < -0.39 is 0 Å². The second kappa shape index (κ2) is 6.35. The van der Waals surface area contributed by atoms with Gasteiger partial charge >= 0.3 is 5.97 Å². The van der Waals surface area contributed by atoms with Gasteiger partial charge in [0.15, 0.2) is 0 Å². The second-order valence-corrected chi connectivity index (χ2v) is 4.17. The van der Waals surface area contributed by atoms with Crippen molar-refractivity contribution in [3.63, 3.8) is 0 Å². The number of halogens is 1. The fraction of sp³-hybridized carbons (Fsp3) is 0.462. The fourth-order valence-corrected chi connectivity index (χ4v) is 1.50.